The van der Waals surface area contributed by atoms with Gasteiger partial charge in [0, 0.05) is 22.4 Å². The van der Waals surface area contributed by atoms with E-state index in [0.29, 0.717) is 5.56 Å². The number of phenolic OH excluding ortho intramolecular Hbond substituents is 1. The predicted molar refractivity (Wildman–Crippen MR) is 119 cm³/mol. The van der Waals surface area contributed by atoms with Crippen molar-refractivity contribution in [2.75, 3.05) is 5.32 Å². The number of amides is 1. The summed E-state index contributed by atoms with van der Waals surface area (Å²) in [4.78, 5) is 13.2. The molecule has 0 aliphatic heterocycles. The van der Waals surface area contributed by atoms with E-state index in [2.05, 4.69) is 26.1 Å². The fourth-order valence-corrected chi connectivity index (χ4v) is 3.35. The Morgan fingerprint density at radius 3 is 1.61 bits per heavy atom. The molecular weight excluding hydrogens is 346 g/mol. The van der Waals surface area contributed by atoms with Gasteiger partial charge in [0.25, 0.3) is 5.91 Å². The van der Waals surface area contributed by atoms with E-state index in [4.69, 9.17) is 0 Å². The molecule has 0 aliphatic rings. The number of para-hydroxylation sites is 1. The Morgan fingerprint density at radius 2 is 1.18 bits per heavy atom. The fraction of sp³-hybridized carbons (Fsp3) is 0.480. The molecule has 28 heavy (non-hydrogen) atoms. The quantitative estimate of drug-likeness (QED) is 0.621. The Bertz CT molecular complexity index is 840. The molecule has 0 saturated heterocycles. The summed E-state index contributed by atoms with van der Waals surface area (Å²) in [5, 5.41) is 14.0. The molecule has 0 atom stereocenters. The number of carbonyl (C=O) groups is 1. The number of benzene rings is 2. The first-order valence-electron chi connectivity index (χ1n) is 9.91. The lowest BCUT2D eigenvalue weighted by molar-refractivity contribution is 0.102. The van der Waals surface area contributed by atoms with Crippen LogP contribution in [0.1, 0.15) is 89.4 Å². The van der Waals surface area contributed by atoms with Crippen LogP contribution >= 0.6 is 0 Å². The Hall–Kier alpha value is -2.29. The van der Waals surface area contributed by atoms with Gasteiger partial charge < -0.3 is 10.4 Å². The third kappa shape index (κ3) is 4.76. The zero-order valence-electron chi connectivity index (χ0n) is 18.8. The number of hydrogen-bond acceptors (Lipinski definition) is 2. The van der Waals surface area contributed by atoms with Crippen LogP contribution in [-0.2, 0) is 16.2 Å². The molecule has 2 N–H and O–H groups in total. The van der Waals surface area contributed by atoms with Crippen LogP contribution in [0.2, 0.25) is 0 Å². The van der Waals surface area contributed by atoms with Crippen LogP contribution in [0.25, 0.3) is 0 Å². The van der Waals surface area contributed by atoms with Crippen LogP contribution in [0, 0.1) is 0 Å². The molecule has 0 bridgehead atoms. The molecule has 3 heteroatoms. The number of carbonyl (C=O) groups excluding carboxylic acids is 1. The Kier molecular flexibility index (Phi) is 5.71. The summed E-state index contributed by atoms with van der Waals surface area (Å²) in [5.74, 6) is 0.124. The maximum absolute atomic E-state index is 13.2. The molecule has 0 unspecified atom stereocenters. The topological polar surface area (TPSA) is 49.3 Å². The van der Waals surface area contributed by atoms with Crippen molar-refractivity contribution in [1.29, 1.82) is 0 Å². The molecule has 0 fully saturated rings. The third-order valence-electron chi connectivity index (χ3n) is 4.97. The SMILES string of the molecule is CC(C)(C)c1ccccc1NC(=O)c1cc(C(C)(C)C)c(O)c(C(C)(C)C)c1. The summed E-state index contributed by atoms with van der Waals surface area (Å²) in [7, 11) is 0. The van der Waals surface area contributed by atoms with Gasteiger partial charge in [-0.25, -0.2) is 0 Å². The normalized spacial score (nSPS) is 12.8. The van der Waals surface area contributed by atoms with E-state index < -0.39 is 0 Å². The van der Waals surface area contributed by atoms with Crippen molar-refractivity contribution in [3.8, 4) is 5.75 Å². The molecule has 0 aromatic heterocycles. The lowest BCUT2D eigenvalue weighted by Gasteiger charge is -2.28. The predicted octanol–water partition coefficient (Wildman–Crippen LogP) is 6.54. The molecule has 2 aromatic carbocycles. The van der Waals surface area contributed by atoms with Gasteiger partial charge in [-0.15, -0.1) is 0 Å². The van der Waals surface area contributed by atoms with Crippen molar-refractivity contribution in [2.45, 2.75) is 78.6 Å². The van der Waals surface area contributed by atoms with Gasteiger partial charge in [-0.05, 0) is 40.0 Å². The van der Waals surface area contributed by atoms with E-state index in [1.165, 1.54) is 0 Å². The summed E-state index contributed by atoms with van der Waals surface area (Å²) in [6, 6.07) is 11.6. The molecule has 2 aromatic rings. The van der Waals surface area contributed by atoms with E-state index in [1.807, 2.05) is 77.9 Å². The molecule has 0 spiro atoms. The van der Waals surface area contributed by atoms with Gasteiger partial charge in [0.1, 0.15) is 5.75 Å². The average Bonchev–Trinajstić information content (AvgIpc) is 2.52. The number of anilines is 1. The minimum Gasteiger partial charge on any atom is -0.507 e. The molecule has 3 nitrogen and oxygen atoms in total. The van der Waals surface area contributed by atoms with Crippen LogP contribution in [0.15, 0.2) is 36.4 Å². The van der Waals surface area contributed by atoms with Gasteiger partial charge >= 0.3 is 0 Å². The van der Waals surface area contributed by atoms with Crippen molar-refractivity contribution in [3.63, 3.8) is 0 Å². The standard InChI is InChI=1S/C25H35NO2/c1-23(2,3)17-12-10-11-13-20(17)26-22(28)16-14-18(24(4,5)6)21(27)19(15-16)25(7,8)9/h10-15,27H,1-9H3,(H,26,28). The molecule has 2 rings (SSSR count). The third-order valence-corrected chi connectivity index (χ3v) is 4.97. The number of phenols is 1. The van der Waals surface area contributed by atoms with Crippen molar-refractivity contribution >= 4 is 11.6 Å². The van der Waals surface area contributed by atoms with Gasteiger partial charge in [0.05, 0.1) is 0 Å². The van der Waals surface area contributed by atoms with Crippen LogP contribution in [0.5, 0.6) is 5.75 Å². The summed E-state index contributed by atoms with van der Waals surface area (Å²) in [5.41, 5.74) is 3.43. The van der Waals surface area contributed by atoms with Gasteiger partial charge in [-0.3, -0.25) is 4.79 Å². The van der Waals surface area contributed by atoms with E-state index >= 15 is 0 Å². The molecule has 0 radical (unpaired) electrons. The minimum atomic E-state index is -0.274. The first-order valence-corrected chi connectivity index (χ1v) is 9.91. The highest BCUT2D eigenvalue weighted by molar-refractivity contribution is 6.05. The molecule has 0 saturated carbocycles. The molecular formula is C25H35NO2. The van der Waals surface area contributed by atoms with Gasteiger partial charge in [0.15, 0.2) is 0 Å². The van der Waals surface area contributed by atoms with E-state index in [1.54, 1.807) is 0 Å². The van der Waals surface area contributed by atoms with E-state index in [9.17, 15) is 9.90 Å². The number of hydrogen-bond donors (Lipinski definition) is 2. The van der Waals surface area contributed by atoms with Crippen LogP contribution in [-0.4, -0.2) is 11.0 Å². The van der Waals surface area contributed by atoms with Crippen molar-refractivity contribution in [2.24, 2.45) is 0 Å². The molecule has 1 amide bonds. The number of aromatic hydroxyl groups is 1. The minimum absolute atomic E-state index is 0.0774. The summed E-state index contributed by atoms with van der Waals surface area (Å²) >= 11 is 0. The highest BCUT2D eigenvalue weighted by Gasteiger charge is 2.28. The van der Waals surface area contributed by atoms with Crippen LogP contribution in [0.4, 0.5) is 5.69 Å². The second-order valence-corrected chi connectivity index (χ2v) is 10.7. The highest BCUT2D eigenvalue weighted by Crippen LogP contribution is 2.40. The first-order chi connectivity index (χ1) is 12.6. The van der Waals surface area contributed by atoms with E-state index in [0.717, 1.165) is 22.4 Å². The van der Waals surface area contributed by atoms with Crippen LogP contribution < -0.4 is 5.32 Å². The summed E-state index contributed by atoms with van der Waals surface area (Å²) < 4.78 is 0. The Balaban J connectivity index is 2.56. The second kappa shape index (κ2) is 7.27. The van der Waals surface area contributed by atoms with Gasteiger partial charge in [-0.1, -0.05) is 80.5 Å². The van der Waals surface area contributed by atoms with Crippen molar-refractivity contribution in [1.82, 2.24) is 0 Å². The zero-order valence-corrected chi connectivity index (χ0v) is 18.8. The Morgan fingerprint density at radius 1 is 0.750 bits per heavy atom. The maximum Gasteiger partial charge on any atom is 0.255 e. The van der Waals surface area contributed by atoms with E-state index in [-0.39, 0.29) is 27.9 Å². The highest BCUT2D eigenvalue weighted by atomic mass is 16.3. The zero-order chi connectivity index (χ0) is 21.5. The fourth-order valence-electron chi connectivity index (χ4n) is 3.35. The maximum atomic E-state index is 13.2. The Labute approximate surface area is 170 Å². The van der Waals surface area contributed by atoms with Crippen molar-refractivity contribution < 1.29 is 9.90 Å². The second-order valence-electron chi connectivity index (χ2n) is 10.7. The van der Waals surface area contributed by atoms with Crippen molar-refractivity contribution in [3.05, 3.63) is 58.7 Å². The molecule has 0 heterocycles. The smallest absolute Gasteiger partial charge is 0.255 e. The average molecular weight is 382 g/mol. The number of nitrogens with one attached hydrogen (secondary N) is 1. The monoisotopic (exact) mass is 381 g/mol. The summed E-state index contributed by atoms with van der Waals surface area (Å²) in [6.45, 7) is 18.7. The first kappa shape index (κ1) is 22.0. The number of rotatable bonds is 2. The molecule has 0 aliphatic carbocycles. The van der Waals surface area contributed by atoms with Gasteiger partial charge in [-0.2, -0.15) is 0 Å². The van der Waals surface area contributed by atoms with Crippen LogP contribution in [0.3, 0.4) is 0 Å². The lowest BCUT2D eigenvalue weighted by atomic mass is 9.78. The molecule has 152 valence electrons. The summed E-state index contributed by atoms with van der Waals surface area (Å²) in [6.07, 6.45) is 0. The largest absolute Gasteiger partial charge is 0.507 e. The van der Waals surface area contributed by atoms with Gasteiger partial charge in [0.2, 0.25) is 0 Å². The lowest BCUT2D eigenvalue weighted by Crippen LogP contribution is -2.22.